The Bertz CT molecular complexity index is 1060. The van der Waals surface area contributed by atoms with Gasteiger partial charge in [-0.1, -0.05) is 47.5 Å². The molecule has 4 bridgehead atoms. The molecule has 4 heteroatoms. The van der Waals surface area contributed by atoms with Gasteiger partial charge in [-0.2, -0.15) is 0 Å². The Morgan fingerprint density at radius 1 is 0.900 bits per heavy atom. The molecule has 0 radical (unpaired) electrons. The third-order valence-electron chi connectivity index (χ3n) is 7.92. The second-order valence-electron chi connectivity index (χ2n) is 10.1. The number of para-hydroxylation sites is 1. The number of hydrogen-bond donors (Lipinski definition) is 1. The summed E-state index contributed by atoms with van der Waals surface area (Å²) >= 11 is 12.6. The summed E-state index contributed by atoms with van der Waals surface area (Å²) < 4.78 is 2.33. The van der Waals surface area contributed by atoms with Crippen LogP contribution in [0.3, 0.4) is 0 Å². The second-order valence-corrected chi connectivity index (χ2v) is 10.9. The molecule has 0 amide bonds. The molecule has 3 aromatic rings. The highest BCUT2D eigenvalue weighted by Gasteiger charge is 2.50. The normalized spacial score (nSPS) is 29.7. The minimum atomic E-state index is 0.386. The molecular formula is C26H28Cl2N2. The molecule has 1 aromatic heterocycles. The van der Waals surface area contributed by atoms with Crippen LogP contribution in [0.15, 0.2) is 48.7 Å². The first-order valence-corrected chi connectivity index (χ1v) is 12.1. The van der Waals surface area contributed by atoms with E-state index in [1.165, 1.54) is 55.0 Å². The van der Waals surface area contributed by atoms with Crippen LogP contribution in [0.5, 0.6) is 0 Å². The summed E-state index contributed by atoms with van der Waals surface area (Å²) in [7, 11) is 0. The van der Waals surface area contributed by atoms with Gasteiger partial charge in [0.05, 0.1) is 0 Å². The second kappa shape index (κ2) is 7.29. The van der Waals surface area contributed by atoms with Crippen molar-refractivity contribution in [3.8, 4) is 0 Å². The summed E-state index contributed by atoms with van der Waals surface area (Å²) in [6.45, 7) is 1.71. The number of fused-ring (bicyclic) bond motifs is 1. The smallest absolute Gasteiger partial charge is 0.0491 e. The first-order chi connectivity index (χ1) is 14.6. The van der Waals surface area contributed by atoms with Crippen molar-refractivity contribution in [2.75, 3.05) is 0 Å². The largest absolute Gasteiger partial charge is 0.343 e. The van der Waals surface area contributed by atoms with Gasteiger partial charge < -0.3 is 9.88 Å². The van der Waals surface area contributed by atoms with Crippen LogP contribution in [0.4, 0.5) is 0 Å². The van der Waals surface area contributed by atoms with E-state index in [0.29, 0.717) is 10.6 Å². The lowest BCUT2D eigenvalue weighted by Gasteiger charge is -2.57. The monoisotopic (exact) mass is 438 g/mol. The summed E-state index contributed by atoms with van der Waals surface area (Å²) in [6.07, 6.45) is 10.9. The van der Waals surface area contributed by atoms with E-state index in [1.54, 1.807) is 0 Å². The van der Waals surface area contributed by atoms with Gasteiger partial charge in [0.15, 0.2) is 0 Å². The molecule has 4 aliphatic carbocycles. The standard InChI is InChI=1S/C26H28Cl2N2/c27-22-6-5-20(24(28)10-22)15-30-16-21(23-3-1-2-4-25(23)30)14-29-26-11-17-7-18(12-26)9-19(8-17)13-26/h1-6,10,16-19,29H,7-9,11-15H2. The lowest BCUT2D eigenvalue weighted by Crippen LogP contribution is -2.58. The molecule has 4 saturated carbocycles. The van der Waals surface area contributed by atoms with Gasteiger partial charge in [-0.05, 0) is 85.6 Å². The Morgan fingerprint density at radius 3 is 2.30 bits per heavy atom. The highest BCUT2D eigenvalue weighted by molar-refractivity contribution is 6.35. The van der Waals surface area contributed by atoms with Gasteiger partial charge in [-0.3, -0.25) is 0 Å². The maximum absolute atomic E-state index is 6.46. The number of hydrogen-bond acceptors (Lipinski definition) is 1. The number of halogens is 2. The molecule has 0 saturated heterocycles. The summed E-state index contributed by atoms with van der Waals surface area (Å²) in [5.41, 5.74) is 4.15. The van der Waals surface area contributed by atoms with Crippen molar-refractivity contribution in [1.82, 2.24) is 9.88 Å². The highest BCUT2D eigenvalue weighted by Crippen LogP contribution is 2.55. The molecule has 2 nitrogen and oxygen atoms in total. The van der Waals surface area contributed by atoms with E-state index >= 15 is 0 Å². The predicted molar refractivity (Wildman–Crippen MR) is 125 cm³/mol. The van der Waals surface area contributed by atoms with E-state index in [0.717, 1.165) is 41.4 Å². The fourth-order valence-electron chi connectivity index (χ4n) is 7.04. The van der Waals surface area contributed by atoms with Gasteiger partial charge in [0.2, 0.25) is 0 Å². The van der Waals surface area contributed by atoms with Gasteiger partial charge in [0, 0.05) is 45.8 Å². The maximum Gasteiger partial charge on any atom is 0.0491 e. The first kappa shape index (κ1) is 19.2. The van der Waals surface area contributed by atoms with Crippen molar-refractivity contribution in [3.63, 3.8) is 0 Å². The summed E-state index contributed by atoms with van der Waals surface area (Å²) in [6, 6.07) is 14.5. The lowest BCUT2D eigenvalue weighted by atomic mass is 9.53. The van der Waals surface area contributed by atoms with Crippen LogP contribution in [0.2, 0.25) is 10.0 Å². The zero-order valence-corrected chi connectivity index (χ0v) is 18.7. The molecule has 0 spiro atoms. The molecular weight excluding hydrogens is 411 g/mol. The molecule has 1 N–H and O–H groups in total. The molecule has 1 heterocycles. The third kappa shape index (κ3) is 3.38. The van der Waals surface area contributed by atoms with Gasteiger partial charge in [0.1, 0.15) is 0 Å². The van der Waals surface area contributed by atoms with Crippen molar-refractivity contribution in [3.05, 3.63) is 69.8 Å². The van der Waals surface area contributed by atoms with Crippen LogP contribution in [-0.4, -0.2) is 10.1 Å². The minimum absolute atomic E-state index is 0.386. The van der Waals surface area contributed by atoms with Gasteiger partial charge in [-0.25, -0.2) is 0 Å². The van der Waals surface area contributed by atoms with Crippen molar-refractivity contribution < 1.29 is 0 Å². The van der Waals surface area contributed by atoms with Gasteiger partial charge >= 0.3 is 0 Å². The van der Waals surface area contributed by atoms with Crippen LogP contribution in [0.1, 0.15) is 49.7 Å². The van der Waals surface area contributed by atoms with Crippen molar-refractivity contribution in [2.24, 2.45) is 17.8 Å². The molecule has 0 unspecified atom stereocenters. The van der Waals surface area contributed by atoms with Crippen molar-refractivity contribution in [2.45, 2.75) is 57.2 Å². The van der Waals surface area contributed by atoms with E-state index in [4.69, 9.17) is 23.2 Å². The van der Waals surface area contributed by atoms with Gasteiger partial charge in [0.25, 0.3) is 0 Å². The molecule has 0 atom stereocenters. The number of aromatic nitrogens is 1. The Balaban J connectivity index is 1.28. The Labute approximate surface area is 188 Å². The average Bonchev–Trinajstić information content (AvgIpc) is 3.05. The fourth-order valence-corrected chi connectivity index (χ4v) is 7.51. The Kier molecular flexibility index (Phi) is 4.67. The fraction of sp³-hybridized carbons (Fsp3) is 0.462. The predicted octanol–water partition coefficient (Wildman–Crippen LogP) is 7.05. The molecule has 7 rings (SSSR count). The Hall–Kier alpha value is -1.48. The van der Waals surface area contributed by atoms with Crippen LogP contribution in [0.25, 0.3) is 10.9 Å². The zero-order valence-electron chi connectivity index (χ0n) is 17.2. The van der Waals surface area contributed by atoms with Crippen LogP contribution in [-0.2, 0) is 13.1 Å². The van der Waals surface area contributed by atoms with E-state index in [9.17, 15) is 0 Å². The van der Waals surface area contributed by atoms with Crippen LogP contribution < -0.4 is 5.32 Å². The lowest BCUT2D eigenvalue weighted by molar-refractivity contribution is -0.0205. The molecule has 4 fully saturated rings. The van der Waals surface area contributed by atoms with Crippen LogP contribution in [0, 0.1) is 17.8 Å². The van der Waals surface area contributed by atoms with E-state index in [-0.39, 0.29) is 0 Å². The quantitative estimate of drug-likeness (QED) is 0.451. The topological polar surface area (TPSA) is 17.0 Å². The molecule has 156 valence electrons. The van der Waals surface area contributed by atoms with Crippen LogP contribution >= 0.6 is 23.2 Å². The summed E-state index contributed by atoms with van der Waals surface area (Å²) in [5, 5.41) is 6.83. The van der Waals surface area contributed by atoms with E-state index in [2.05, 4.69) is 40.3 Å². The maximum atomic E-state index is 6.46. The summed E-state index contributed by atoms with van der Waals surface area (Å²) in [4.78, 5) is 0. The number of nitrogens with zero attached hydrogens (tertiary/aromatic N) is 1. The Morgan fingerprint density at radius 2 is 1.60 bits per heavy atom. The molecule has 0 aliphatic heterocycles. The number of rotatable bonds is 5. The van der Waals surface area contributed by atoms with Crippen molar-refractivity contribution >= 4 is 34.1 Å². The average molecular weight is 439 g/mol. The summed E-state index contributed by atoms with van der Waals surface area (Å²) in [5.74, 6) is 2.91. The van der Waals surface area contributed by atoms with E-state index < -0.39 is 0 Å². The highest BCUT2D eigenvalue weighted by atomic mass is 35.5. The molecule has 4 aliphatic rings. The van der Waals surface area contributed by atoms with Crippen molar-refractivity contribution in [1.29, 1.82) is 0 Å². The SMILES string of the molecule is Clc1ccc(Cn2cc(CNC34CC5CC(CC(C5)C3)C4)c3ccccc32)c(Cl)c1. The minimum Gasteiger partial charge on any atom is -0.343 e. The number of benzene rings is 2. The number of nitrogens with one attached hydrogen (secondary N) is 1. The van der Waals surface area contributed by atoms with Gasteiger partial charge in [-0.15, -0.1) is 0 Å². The third-order valence-corrected chi connectivity index (χ3v) is 8.51. The first-order valence-electron chi connectivity index (χ1n) is 11.3. The van der Waals surface area contributed by atoms with E-state index in [1.807, 2.05) is 18.2 Å². The zero-order chi connectivity index (χ0) is 20.3. The molecule has 2 aromatic carbocycles. The molecule has 30 heavy (non-hydrogen) atoms.